The molecular formula is C18H21N3O3. The fourth-order valence-corrected chi connectivity index (χ4v) is 3.02. The molecule has 2 heterocycles. The maximum absolute atomic E-state index is 11.6. The molecule has 3 rings (SSSR count). The zero-order valence-electron chi connectivity index (χ0n) is 13.9. The van der Waals surface area contributed by atoms with Crippen LogP contribution in [0, 0.1) is 0 Å². The number of allylic oxidation sites excluding steroid dienone is 1. The van der Waals surface area contributed by atoms with E-state index >= 15 is 0 Å². The molecule has 0 bridgehead atoms. The SMILES string of the molecule is COC(=O)Nc1ccc2c(c1OC)N(CC1=CNC=C=CC1)CC2. The highest BCUT2D eigenvalue weighted by atomic mass is 16.5. The number of carbonyl (C=O) groups excluding carboxylic acids is 1. The first-order valence-corrected chi connectivity index (χ1v) is 7.86. The third-order valence-corrected chi connectivity index (χ3v) is 4.14. The third kappa shape index (κ3) is 3.24. The quantitative estimate of drug-likeness (QED) is 0.833. The number of hydrogen-bond acceptors (Lipinski definition) is 5. The molecule has 0 saturated carbocycles. The molecule has 0 radical (unpaired) electrons. The third-order valence-electron chi connectivity index (χ3n) is 4.14. The highest BCUT2D eigenvalue weighted by Crippen LogP contribution is 2.42. The van der Waals surface area contributed by atoms with E-state index in [4.69, 9.17) is 4.74 Å². The molecule has 0 saturated heterocycles. The number of rotatable bonds is 4. The van der Waals surface area contributed by atoms with Crippen LogP contribution in [-0.2, 0) is 11.2 Å². The van der Waals surface area contributed by atoms with Gasteiger partial charge in [-0.05, 0) is 36.1 Å². The first kappa shape index (κ1) is 16.0. The lowest BCUT2D eigenvalue weighted by Crippen LogP contribution is -2.24. The van der Waals surface area contributed by atoms with E-state index in [1.54, 1.807) is 13.3 Å². The van der Waals surface area contributed by atoms with Crippen molar-refractivity contribution in [3.63, 3.8) is 0 Å². The normalized spacial score (nSPS) is 15.2. The monoisotopic (exact) mass is 327 g/mol. The zero-order valence-corrected chi connectivity index (χ0v) is 13.9. The smallest absolute Gasteiger partial charge is 0.411 e. The lowest BCUT2D eigenvalue weighted by Gasteiger charge is -2.24. The largest absolute Gasteiger partial charge is 0.492 e. The summed E-state index contributed by atoms with van der Waals surface area (Å²) in [5, 5.41) is 5.82. The van der Waals surface area contributed by atoms with Crippen LogP contribution in [0.2, 0.25) is 0 Å². The van der Waals surface area contributed by atoms with Gasteiger partial charge in [0.15, 0.2) is 5.75 Å². The van der Waals surface area contributed by atoms with Crippen LogP contribution >= 0.6 is 0 Å². The van der Waals surface area contributed by atoms with Gasteiger partial charge < -0.3 is 19.7 Å². The summed E-state index contributed by atoms with van der Waals surface area (Å²) in [5.74, 6) is 0.672. The van der Waals surface area contributed by atoms with Crippen LogP contribution in [0.15, 0.2) is 41.9 Å². The number of anilines is 2. The van der Waals surface area contributed by atoms with E-state index in [1.807, 2.05) is 24.4 Å². The average Bonchev–Trinajstić information content (AvgIpc) is 2.82. The molecule has 1 amide bonds. The summed E-state index contributed by atoms with van der Waals surface area (Å²) in [7, 11) is 2.96. The van der Waals surface area contributed by atoms with Crippen LogP contribution in [0.3, 0.4) is 0 Å². The minimum atomic E-state index is -0.510. The summed E-state index contributed by atoms with van der Waals surface area (Å²) in [6.45, 7) is 1.71. The number of fused-ring (bicyclic) bond motifs is 1. The van der Waals surface area contributed by atoms with E-state index in [0.29, 0.717) is 11.4 Å². The van der Waals surface area contributed by atoms with Crippen LogP contribution in [-0.4, -0.2) is 33.4 Å². The summed E-state index contributed by atoms with van der Waals surface area (Å²) in [5.41, 5.74) is 7.20. The van der Waals surface area contributed by atoms with E-state index in [9.17, 15) is 4.79 Å². The van der Waals surface area contributed by atoms with Gasteiger partial charge in [0.25, 0.3) is 0 Å². The number of nitrogens with zero attached hydrogens (tertiary/aromatic N) is 1. The lowest BCUT2D eigenvalue weighted by molar-refractivity contribution is 0.187. The van der Waals surface area contributed by atoms with Crippen molar-refractivity contribution >= 4 is 17.5 Å². The van der Waals surface area contributed by atoms with Crippen LogP contribution in [0.25, 0.3) is 0 Å². The van der Waals surface area contributed by atoms with Crippen molar-refractivity contribution in [2.75, 3.05) is 37.5 Å². The van der Waals surface area contributed by atoms with Gasteiger partial charge in [0.2, 0.25) is 0 Å². The molecule has 0 unspecified atom stereocenters. The van der Waals surface area contributed by atoms with Gasteiger partial charge in [-0.2, -0.15) is 0 Å². The van der Waals surface area contributed by atoms with Gasteiger partial charge in [0.1, 0.15) is 0 Å². The van der Waals surface area contributed by atoms with Gasteiger partial charge in [0.05, 0.1) is 25.6 Å². The van der Waals surface area contributed by atoms with Crippen molar-refractivity contribution in [2.45, 2.75) is 12.8 Å². The Morgan fingerprint density at radius 3 is 3.08 bits per heavy atom. The molecule has 0 aromatic heterocycles. The summed E-state index contributed by atoms with van der Waals surface area (Å²) < 4.78 is 10.3. The summed E-state index contributed by atoms with van der Waals surface area (Å²) in [6.07, 6.45) is 7.12. The Hall–Kier alpha value is -2.85. The Balaban J connectivity index is 1.88. The zero-order chi connectivity index (χ0) is 16.9. The molecule has 0 fully saturated rings. The van der Waals surface area contributed by atoms with Crippen LogP contribution < -0.4 is 20.3 Å². The van der Waals surface area contributed by atoms with Crippen molar-refractivity contribution in [3.05, 3.63) is 47.5 Å². The molecule has 1 aromatic rings. The number of benzene rings is 1. The molecule has 1 aromatic carbocycles. The van der Waals surface area contributed by atoms with Gasteiger partial charge in [-0.25, -0.2) is 4.79 Å². The second-order valence-corrected chi connectivity index (χ2v) is 5.63. The van der Waals surface area contributed by atoms with Crippen molar-refractivity contribution < 1.29 is 14.3 Å². The van der Waals surface area contributed by atoms with E-state index in [1.165, 1.54) is 18.2 Å². The first-order chi connectivity index (χ1) is 11.7. The number of methoxy groups -OCH3 is 2. The Labute approximate surface area is 141 Å². The maximum atomic E-state index is 11.6. The Kier molecular flexibility index (Phi) is 4.77. The number of nitrogens with one attached hydrogen (secondary N) is 2. The number of ether oxygens (including phenoxy) is 2. The van der Waals surface area contributed by atoms with Crippen LogP contribution in [0.1, 0.15) is 12.0 Å². The van der Waals surface area contributed by atoms with Gasteiger partial charge in [-0.3, -0.25) is 5.32 Å². The average molecular weight is 327 g/mol. The van der Waals surface area contributed by atoms with Gasteiger partial charge in [-0.1, -0.05) is 6.07 Å². The molecule has 6 nitrogen and oxygen atoms in total. The number of hydrogen-bond donors (Lipinski definition) is 2. The molecule has 2 aliphatic heterocycles. The fourth-order valence-electron chi connectivity index (χ4n) is 3.02. The second-order valence-electron chi connectivity index (χ2n) is 5.63. The highest BCUT2D eigenvalue weighted by molar-refractivity contribution is 5.90. The standard InChI is InChI=1S/C18H21N3O3/c1-23-17-15(20-18(22)24-2)7-6-14-8-10-21(16(14)17)12-13-5-3-4-9-19-11-13/h3,6-7,9,11,19H,5,8,10,12H2,1-2H3,(H,20,22). The molecule has 6 heteroatoms. The predicted molar refractivity (Wildman–Crippen MR) is 93.4 cm³/mol. The molecular weight excluding hydrogens is 306 g/mol. The summed E-state index contributed by atoms with van der Waals surface area (Å²) >= 11 is 0. The van der Waals surface area contributed by atoms with E-state index in [0.717, 1.165) is 31.6 Å². The Bertz CT molecular complexity index is 733. The summed E-state index contributed by atoms with van der Waals surface area (Å²) in [6, 6.07) is 3.89. The second kappa shape index (κ2) is 7.15. The molecule has 24 heavy (non-hydrogen) atoms. The molecule has 0 atom stereocenters. The van der Waals surface area contributed by atoms with Crippen molar-refractivity contribution in [1.29, 1.82) is 0 Å². The van der Waals surface area contributed by atoms with Crippen molar-refractivity contribution in [3.8, 4) is 5.75 Å². The summed E-state index contributed by atoms with van der Waals surface area (Å²) in [4.78, 5) is 13.8. The minimum absolute atomic E-state index is 0.510. The topological polar surface area (TPSA) is 62.8 Å². The van der Waals surface area contributed by atoms with E-state index in [2.05, 4.69) is 26.0 Å². The van der Waals surface area contributed by atoms with E-state index in [-0.39, 0.29) is 0 Å². The Morgan fingerprint density at radius 1 is 1.42 bits per heavy atom. The number of carbonyl (C=O) groups is 1. The highest BCUT2D eigenvalue weighted by Gasteiger charge is 2.26. The molecule has 0 spiro atoms. The first-order valence-electron chi connectivity index (χ1n) is 7.86. The van der Waals surface area contributed by atoms with Crippen LogP contribution in [0.4, 0.5) is 16.2 Å². The van der Waals surface area contributed by atoms with Gasteiger partial charge in [-0.15, -0.1) is 5.73 Å². The van der Waals surface area contributed by atoms with Crippen molar-refractivity contribution in [2.24, 2.45) is 0 Å². The predicted octanol–water partition coefficient (Wildman–Crippen LogP) is 2.78. The molecule has 126 valence electrons. The minimum Gasteiger partial charge on any atom is -0.492 e. The lowest BCUT2D eigenvalue weighted by atomic mass is 10.1. The Morgan fingerprint density at radius 2 is 2.29 bits per heavy atom. The van der Waals surface area contributed by atoms with Crippen LogP contribution in [0.5, 0.6) is 5.75 Å². The fraction of sp³-hybridized carbons (Fsp3) is 0.333. The van der Waals surface area contributed by atoms with E-state index < -0.39 is 6.09 Å². The molecule has 2 aliphatic rings. The number of amides is 1. The van der Waals surface area contributed by atoms with Crippen molar-refractivity contribution in [1.82, 2.24) is 5.32 Å². The van der Waals surface area contributed by atoms with Gasteiger partial charge in [0, 0.05) is 25.5 Å². The molecule has 2 N–H and O–H groups in total. The molecule has 0 aliphatic carbocycles. The van der Waals surface area contributed by atoms with Gasteiger partial charge >= 0.3 is 6.09 Å². The maximum Gasteiger partial charge on any atom is 0.411 e.